The predicted octanol–water partition coefficient (Wildman–Crippen LogP) is 2.98. The summed E-state index contributed by atoms with van der Waals surface area (Å²) in [5, 5.41) is 9.79. The fraction of sp³-hybridized carbons (Fsp3) is 0.407. The monoisotopic (exact) mass is 635 g/mol. The molecule has 2 aromatic carbocycles. The van der Waals surface area contributed by atoms with Gasteiger partial charge in [0.05, 0.1) is 0 Å². The first-order valence-electron chi connectivity index (χ1n) is 12.9. The number of aromatic nitrogens is 2. The maximum atomic E-state index is 13.7. The summed E-state index contributed by atoms with van der Waals surface area (Å²) in [7, 11) is -4.18. The van der Waals surface area contributed by atoms with Crippen LogP contribution in [0.3, 0.4) is 0 Å². The Morgan fingerprint density at radius 2 is 1.82 bits per heavy atom. The SMILES string of the molecule is CC(C)N(CCOc1ccc(C(=O)Nc2n[nH]c3c2CN(S(=O)(=O)c2cc(F)cc(F)c2)CC3)c([As])c1)C(C)C. The zero-order valence-corrected chi connectivity index (χ0v) is 25.4. The van der Waals surface area contributed by atoms with Gasteiger partial charge in [-0.2, -0.15) is 0 Å². The van der Waals surface area contributed by atoms with E-state index < -0.39 is 32.5 Å². The van der Waals surface area contributed by atoms with Gasteiger partial charge in [0.2, 0.25) is 0 Å². The van der Waals surface area contributed by atoms with Gasteiger partial charge in [-0.3, -0.25) is 0 Å². The Bertz CT molecular complexity index is 1470. The van der Waals surface area contributed by atoms with Crippen LogP contribution >= 0.6 is 0 Å². The normalized spacial score (nSPS) is 14.2. The maximum absolute atomic E-state index is 13.7. The number of nitrogens with zero attached hydrogens (tertiary/aromatic N) is 3. The third-order valence-electron chi connectivity index (χ3n) is 6.76. The fourth-order valence-corrected chi connectivity index (χ4v) is 6.84. The van der Waals surface area contributed by atoms with Crippen LogP contribution in [-0.2, 0) is 23.0 Å². The van der Waals surface area contributed by atoms with Crippen LogP contribution in [0.2, 0.25) is 0 Å². The molecule has 0 saturated carbocycles. The Morgan fingerprint density at radius 3 is 2.45 bits per heavy atom. The average Bonchev–Trinajstić information content (AvgIpc) is 3.27. The van der Waals surface area contributed by atoms with Crippen molar-refractivity contribution in [2.75, 3.05) is 25.0 Å². The molecule has 0 bridgehead atoms. The van der Waals surface area contributed by atoms with Crippen LogP contribution < -0.4 is 14.4 Å². The van der Waals surface area contributed by atoms with Gasteiger partial charge in [-0.1, -0.05) is 0 Å². The van der Waals surface area contributed by atoms with Gasteiger partial charge in [-0.05, 0) is 0 Å². The van der Waals surface area contributed by atoms with Crippen molar-refractivity contribution in [1.29, 1.82) is 0 Å². The number of carbonyl (C=O) groups is 1. The summed E-state index contributed by atoms with van der Waals surface area (Å²) < 4.78 is 61.3. The first kappa shape index (κ1) is 30.2. The zero-order chi connectivity index (χ0) is 29.2. The van der Waals surface area contributed by atoms with Crippen molar-refractivity contribution < 1.29 is 26.7 Å². The van der Waals surface area contributed by atoms with Crippen molar-refractivity contribution in [3.63, 3.8) is 0 Å². The summed E-state index contributed by atoms with van der Waals surface area (Å²) in [4.78, 5) is 15.0. The van der Waals surface area contributed by atoms with E-state index in [-0.39, 0.29) is 18.9 Å². The molecule has 13 heteroatoms. The van der Waals surface area contributed by atoms with E-state index >= 15 is 0 Å². The van der Waals surface area contributed by atoms with E-state index in [1.165, 1.54) is 0 Å². The van der Waals surface area contributed by atoms with E-state index in [9.17, 15) is 22.0 Å². The quantitative estimate of drug-likeness (QED) is 0.332. The number of sulfonamides is 1. The number of halogens is 2. The average molecular weight is 636 g/mol. The molecule has 0 aliphatic carbocycles. The van der Waals surface area contributed by atoms with E-state index in [4.69, 9.17) is 4.74 Å². The molecule has 0 fully saturated rings. The van der Waals surface area contributed by atoms with Crippen LogP contribution in [0.15, 0.2) is 41.3 Å². The Morgan fingerprint density at radius 1 is 1.15 bits per heavy atom. The summed E-state index contributed by atoms with van der Waals surface area (Å²) >= 11 is 2.35. The van der Waals surface area contributed by atoms with Crippen molar-refractivity contribution in [3.8, 4) is 5.75 Å². The number of fused-ring (bicyclic) bond motifs is 1. The van der Waals surface area contributed by atoms with Gasteiger partial charge in [-0.15, -0.1) is 0 Å². The van der Waals surface area contributed by atoms with Gasteiger partial charge < -0.3 is 0 Å². The second-order valence-electron chi connectivity index (χ2n) is 10.1. The summed E-state index contributed by atoms with van der Waals surface area (Å²) in [6, 6.07) is 8.15. The number of H-pyrrole nitrogens is 1. The van der Waals surface area contributed by atoms with Gasteiger partial charge in [0.1, 0.15) is 0 Å². The standard InChI is InChI=1S/C27H32AsF2N5O4S/c1-16(2)35(17(3)4)9-10-39-20-5-6-22(24(28)14-20)27(36)31-26-23-15-34(8-7-25(23)32-33-26)40(37,38)21-12-18(29)11-19(30)13-21/h5-6,11-14,16-17H,7-10,15H2,1-4H3,(H2,31,32,33,36). The van der Waals surface area contributed by atoms with Crippen LogP contribution in [-0.4, -0.2) is 82.4 Å². The van der Waals surface area contributed by atoms with Crippen LogP contribution in [0.5, 0.6) is 5.75 Å². The summed E-state index contributed by atoms with van der Waals surface area (Å²) in [6.07, 6.45) is 0.294. The Labute approximate surface area is 241 Å². The van der Waals surface area contributed by atoms with Gasteiger partial charge in [0.15, 0.2) is 0 Å². The van der Waals surface area contributed by atoms with Gasteiger partial charge in [0.25, 0.3) is 0 Å². The van der Waals surface area contributed by atoms with Gasteiger partial charge in [0, 0.05) is 6.07 Å². The molecule has 2 N–H and O–H groups in total. The van der Waals surface area contributed by atoms with E-state index in [1.807, 2.05) is 0 Å². The van der Waals surface area contributed by atoms with Crippen LogP contribution in [0.4, 0.5) is 14.6 Å². The molecule has 0 saturated heterocycles. The van der Waals surface area contributed by atoms with Gasteiger partial charge >= 0.3 is 227 Å². The van der Waals surface area contributed by atoms with E-state index in [0.29, 0.717) is 58.1 Å². The van der Waals surface area contributed by atoms with E-state index in [2.05, 4.69) is 65.0 Å². The zero-order valence-electron chi connectivity index (χ0n) is 22.7. The molecular weight excluding hydrogens is 603 g/mol. The molecule has 0 spiro atoms. The second-order valence-corrected chi connectivity index (χ2v) is 13.1. The van der Waals surface area contributed by atoms with Crippen molar-refractivity contribution in [2.24, 2.45) is 0 Å². The molecule has 1 aromatic heterocycles. The molecule has 4 rings (SSSR count). The molecule has 1 amide bonds. The number of amides is 1. The minimum atomic E-state index is -4.18. The number of rotatable bonds is 10. The van der Waals surface area contributed by atoms with E-state index in [0.717, 1.165) is 23.0 Å². The first-order chi connectivity index (χ1) is 18.9. The molecule has 1 aliphatic rings. The molecule has 0 unspecified atom stereocenters. The number of carbonyl (C=O) groups excluding carboxylic acids is 1. The Balaban J connectivity index is 1.44. The number of nitrogens with one attached hydrogen (secondary N) is 2. The van der Waals surface area contributed by atoms with Crippen molar-refractivity contribution in [2.45, 2.75) is 57.6 Å². The molecular formula is C27H32AsF2N5O4S. The minimum absolute atomic E-state index is 0.0905. The van der Waals surface area contributed by atoms with Crippen molar-refractivity contribution in [1.82, 2.24) is 19.4 Å². The summed E-state index contributed by atoms with van der Waals surface area (Å²) in [5.74, 6) is -1.54. The molecule has 1 aliphatic heterocycles. The van der Waals surface area contributed by atoms with Crippen molar-refractivity contribution >= 4 is 43.0 Å². The number of hydrogen-bond acceptors (Lipinski definition) is 6. The van der Waals surface area contributed by atoms with Crippen LogP contribution in [0, 0.1) is 11.6 Å². The first-order valence-corrected chi connectivity index (χ1v) is 15.3. The fourth-order valence-electron chi connectivity index (χ4n) is 4.76. The Kier molecular flexibility index (Phi) is 9.34. The summed E-state index contributed by atoms with van der Waals surface area (Å²) in [5.41, 5.74) is 1.57. The molecule has 214 valence electrons. The summed E-state index contributed by atoms with van der Waals surface area (Å²) in [6.45, 7) is 9.84. The molecule has 0 atom stereocenters. The number of hydrogen-bond donors (Lipinski definition) is 2. The van der Waals surface area contributed by atoms with E-state index in [1.54, 1.807) is 18.2 Å². The molecule has 40 heavy (non-hydrogen) atoms. The van der Waals surface area contributed by atoms with Crippen molar-refractivity contribution in [3.05, 3.63) is 64.9 Å². The molecule has 9 nitrogen and oxygen atoms in total. The number of ether oxygens (including phenoxy) is 1. The molecule has 2 radical (unpaired) electrons. The third kappa shape index (κ3) is 6.74. The molecule has 2 heterocycles. The van der Waals surface area contributed by atoms with Gasteiger partial charge in [-0.25, -0.2) is 8.78 Å². The molecule has 3 aromatic rings. The number of aromatic amines is 1. The third-order valence-corrected chi connectivity index (χ3v) is 9.36. The topological polar surface area (TPSA) is 108 Å². The van der Waals surface area contributed by atoms with Crippen LogP contribution in [0.1, 0.15) is 49.3 Å². The predicted molar refractivity (Wildman–Crippen MR) is 149 cm³/mol. The Hall–Kier alpha value is -2.79. The number of anilines is 1. The second kappa shape index (κ2) is 12.4. The number of benzene rings is 2. The van der Waals surface area contributed by atoms with Crippen LogP contribution in [0.25, 0.3) is 0 Å².